The lowest BCUT2D eigenvalue weighted by Gasteiger charge is -2.42. The fourth-order valence-corrected chi connectivity index (χ4v) is 4.81. The van der Waals surface area contributed by atoms with Gasteiger partial charge < -0.3 is 4.90 Å². The van der Waals surface area contributed by atoms with Crippen LogP contribution >= 0.6 is 23.2 Å². The highest BCUT2D eigenvalue weighted by molar-refractivity contribution is 6.31. The molecule has 0 radical (unpaired) electrons. The van der Waals surface area contributed by atoms with Gasteiger partial charge in [0, 0.05) is 48.3 Å². The third kappa shape index (κ3) is 3.51. The van der Waals surface area contributed by atoms with Crippen LogP contribution in [0.3, 0.4) is 0 Å². The second-order valence-corrected chi connectivity index (χ2v) is 8.61. The predicted molar refractivity (Wildman–Crippen MR) is 119 cm³/mol. The maximum Gasteiger partial charge on any atom is 0.259 e. The molecule has 3 heterocycles. The molecule has 3 aliphatic heterocycles. The van der Waals surface area contributed by atoms with Gasteiger partial charge in [0.15, 0.2) is 0 Å². The molecule has 7 heteroatoms. The molecule has 3 aliphatic rings. The SMILES string of the molecule is O=C1C2=C(CCN(Cc3ccccc3Cl)C2)N2CCN=C2N1Cc1ccccc1Cl. The van der Waals surface area contributed by atoms with Gasteiger partial charge in [-0.1, -0.05) is 59.6 Å². The summed E-state index contributed by atoms with van der Waals surface area (Å²) in [7, 11) is 0. The molecule has 5 nitrogen and oxygen atoms in total. The number of hydrogen-bond acceptors (Lipinski definition) is 4. The van der Waals surface area contributed by atoms with E-state index in [-0.39, 0.29) is 5.91 Å². The third-order valence-electron chi connectivity index (χ3n) is 5.92. The monoisotopic (exact) mass is 440 g/mol. The number of rotatable bonds is 4. The number of amides is 1. The molecule has 0 fully saturated rings. The topological polar surface area (TPSA) is 39.2 Å². The molecule has 5 rings (SSSR count). The van der Waals surface area contributed by atoms with Gasteiger partial charge in [-0.2, -0.15) is 0 Å². The van der Waals surface area contributed by atoms with Crippen molar-refractivity contribution >= 4 is 35.1 Å². The highest BCUT2D eigenvalue weighted by atomic mass is 35.5. The Balaban J connectivity index is 1.42. The molecule has 154 valence electrons. The van der Waals surface area contributed by atoms with Crippen molar-refractivity contribution < 1.29 is 4.79 Å². The Hall–Kier alpha value is -2.34. The van der Waals surface area contributed by atoms with E-state index in [4.69, 9.17) is 23.2 Å². The quantitative estimate of drug-likeness (QED) is 0.715. The molecule has 0 unspecified atom stereocenters. The van der Waals surface area contributed by atoms with E-state index in [1.165, 1.54) is 0 Å². The Morgan fingerprint density at radius 2 is 1.57 bits per heavy atom. The molecule has 0 saturated heterocycles. The van der Waals surface area contributed by atoms with E-state index in [1.54, 1.807) is 4.90 Å². The molecule has 1 amide bonds. The fraction of sp³-hybridized carbons (Fsp3) is 0.304. The van der Waals surface area contributed by atoms with E-state index in [2.05, 4.69) is 14.8 Å². The van der Waals surface area contributed by atoms with Gasteiger partial charge in [0.2, 0.25) is 5.96 Å². The first-order chi connectivity index (χ1) is 14.6. The molecule has 0 aliphatic carbocycles. The Labute approximate surface area is 186 Å². The zero-order valence-electron chi connectivity index (χ0n) is 16.5. The minimum Gasteiger partial charge on any atom is -0.314 e. The minimum atomic E-state index is 0.0330. The number of benzene rings is 2. The van der Waals surface area contributed by atoms with E-state index in [0.29, 0.717) is 24.7 Å². The highest BCUT2D eigenvalue weighted by Gasteiger charge is 2.41. The first-order valence-corrected chi connectivity index (χ1v) is 10.9. The summed E-state index contributed by atoms with van der Waals surface area (Å²) in [6.45, 7) is 4.20. The standard InChI is InChI=1S/C23H22Cl2N4O/c24-19-7-3-1-5-16(19)13-27-11-9-21-18(15-27)22(30)29(23-26-10-12-28(21)23)14-17-6-2-4-8-20(17)25/h1-8H,9-15H2. The van der Waals surface area contributed by atoms with Crippen LogP contribution < -0.4 is 0 Å². The average molecular weight is 441 g/mol. The van der Waals surface area contributed by atoms with Crippen molar-refractivity contribution in [3.8, 4) is 0 Å². The Kier molecular flexibility index (Phi) is 5.27. The van der Waals surface area contributed by atoms with Gasteiger partial charge in [0.1, 0.15) is 0 Å². The second-order valence-electron chi connectivity index (χ2n) is 7.79. The van der Waals surface area contributed by atoms with Crippen LogP contribution in [-0.4, -0.2) is 52.7 Å². The van der Waals surface area contributed by atoms with E-state index in [0.717, 1.165) is 59.4 Å². The number of fused-ring (bicyclic) bond motifs is 2. The van der Waals surface area contributed by atoms with Crippen molar-refractivity contribution in [2.24, 2.45) is 4.99 Å². The summed E-state index contributed by atoms with van der Waals surface area (Å²) in [5.74, 6) is 0.795. The van der Waals surface area contributed by atoms with Crippen LogP contribution in [0.5, 0.6) is 0 Å². The lowest BCUT2D eigenvalue weighted by Crippen LogP contribution is -2.53. The van der Waals surface area contributed by atoms with Crippen LogP contribution in [0.25, 0.3) is 0 Å². The number of halogens is 2. The Morgan fingerprint density at radius 1 is 0.900 bits per heavy atom. The van der Waals surface area contributed by atoms with Crippen LogP contribution in [0.15, 0.2) is 64.8 Å². The molecular weight excluding hydrogens is 419 g/mol. The van der Waals surface area contributed by atoms with Gasteiger partial charge in [0.25, 0.3) is 5.91 Å². The highest BCUT2D eigenvalue weighted by Crippen LogP contribution is 2.33. The van der Waals surface area contributed by atoms with Gasteiger partial charge in [-0.05, 0) is 23.3 Å². The van der Waals surface area contributed by atoms with E-state index >= 15 is 0 Å². The van der Waals surface area contributed by atoms with Crippen molar-refractivity contribution in [3.63, 3.8) is 0 Å². The van der Waals surface area contributed by atoms with Crippen LogP contribution in [0, 0.1) is 0 Å². The Morgan fingerprint density at radius 3 is 2.27 bits per heavy atom. The largest absolute Gasteiger partial charge is 0.314 e. The van der Waals surface area contributed by atoms with Crippen molar-refractivity contribution in [1.29, 1.82) is 0 Å². The van der Waals surface area contributed by atoms with Gasteiger partial charge in [0.05, 0.1) is 18.7 Å². The summed E-state index contributed by atoms with van der Waals surface area (Å²) in [6, 6.07) is 15.6. The molecule has 0 aromatic heterocycles. The molecule has 0 N–H and O–H groups in total. The van der Waals surface area contributed by atoms with Crippen LogP contribution in [0.1, 0.15) is 17.5 Å². The molecule has 2 aromatic carbocycles. The average Bonchev–Trinajstić information content (AvgIpc) is 3.24. The fourth-order valence-electron chi connectivity index (χ4n) is 4.42. The summed E-state index contributed by atoms with van der Waals surface area (Å²) in [5, 5.41) is 1.43. The third-order valence-corrected chi connectivity index (χ3v) is 6.66. The molecular formula is C23H22Cl2N4O. The normalized spacial score (nSPS) is 19.1. The molecule has 0 saturated carbocycles. The van der Waals surface area contributed by atoms with Crippen LogP contribution in [-0.2, 0) is 17.9 Å². The first-order valence-electron chi connectivity index (χ1n) is 10.2. The molecule has 0 spiro atoms. The van der Waals surface area contributed by atoms with Gasteiger partial charge >= 0.3 is 0 Å². The zero-order valence-corrected chi connectivity index (χ0v) is 18.0. The van der Waals surface area contributed by atoms with Gasteiger partial charge in [-0.3, -0.25) is 19.6 Å². The minimum absolute atomic E-state index is 0.0330. The lowest BCUT2D eigenvalue weighted by atomic mass is 10.00. The van der Waals surface area contributed by atoms with Crippen molar-refractivity contribution in [3.05, 3.63) is 81.0 Å². The van der Waals surface area contributed by atoms with E-state index in [1.807, 2.05) is 48.5 Å². The van der Waals surface area contributed by atoms with Crippen molar-refractivity contribution in [2.45, 2.75) is 19.5 Å². The van der Waals surface area contributed by atoms with Gasteiger partial charge in [-0.25, -0.2) is 0 Å². The van der Waals surface area contributed by atoms with E-state index in [9.17, 15) is 4.79 Å². The van der Waals surface area contributed by atoms with Crippen molar-refractivity contribution in [2.75, 3.05) is 26.2 Å². The summed E-state index contributed by atoms with van der Waals surface area (Å²) in [4.78, 5) is 24.5. The number of carbonyl (C=O) groups excluding carboxylic acids is 1. The molecule has 2 aromatic rings. The number of nitrogens with zero attached hydrogens (tertiary/aromatic N) is 4. The summed E-state index contributed by atoms with van der Waals surface area (Å²) >= 11 is 12.7. The molecule has 0 atom stereocenters. The number of aliphatic imine (C=N–C) groups is 1. The maximum absolute atomic E-state index is 13.5. The first kappa shape index (κ1) is 19.6. The van der Waals surface area contributed by atoms with Crippen LogP contribution in [0.2, 0.25) is 10.0 Å². The number of hydrogen-bond donors (Lipinski definition) is 0. The van der Waals surface area contributed by atoms with E-state index < -0.39 is 0 Å². The maximum atomic E-state index is 13.5. The predicted octanol–water partition coefficient (Wildman–Crippen LogP) is 4.17. The van der Waals surface area contributed by atoms with Crippen molar-refractivity contribution in [1.82, 2.24) is 14.7 Å². The smallest absolute Gasteiger partial charge is 0.259 e. The summed E-state index contributed by atoms with van der Waals surface area (Å²) in [6.07, 6.45) is 0.838. The number of carbonyl (C=O) groups is 1. The lowest BCUT2D eigenvalue weighted by molar-refractivity contribution is -0.125. The second kappa shape index (κ2) is 8.06. The van der Waals surface area contributed by atoms with Gasteiger partial charge in [-0.15, -0.1) is 0 Å². The number of guanidine groups is 1. The Bertz CT molecular complexity index is 1060. The summed E-state index contributed by atoms with van der Waals surface area (Å²) < 4.78 is 0. The molecule has 0 bridgehead atoms. The zero-order chi connectivity index (χ0) is 20.7. The summed E-state index contributed by atoms with van der Waals surface area (Å²) in [5.41, 5.74) is 4.00. The van der Waals surface area contributed by atoms with Crippen LogP contribution in [0.4, 0.5) is 0 Å². The molecule has 30 heavy (non-hydrogen) atoms.